The molecule has 5 nitrogen and oxygen atoms in total. The molecule has 1 saturated heterocycles. The number of hydrogen-bond donors (Lipinski definition) is 0. The number of ether oxygens (including phenoxy) is 1. The van der Waals surface area contributed by atoms with Crippen LogP contribution in [0.25, 0.3) is 10.9 Å². The van der Waals surface area contributed by atoms with Crippen LogP contribution < -0.4 is 0 Å². The molecule has 3 heterocycles. The van der Waals surface area contributed by atoms with Crippen molar-refractivity contribution in [3.05, 3.63) is 65.4 Å². The van der Waals surface area contributed by atoms with Gasteiger partial charge in [-0.1, -0.05) is 0 Å². The van der Waals surface area contributed by atoms with Gasteiger partial charge in [0, 0.05) is 36.4 Å². The summed E-state index contributed by atoms with van der Waals surface area (Å²) in [5.74, 6) is -0.371. The molecule has 0 N–H and O–H groups in total. The van der Waals surface area contributed by atoms with Crippen LogP contribution in [0.2, 0.25) is 0 Å². The van der Waals surface area contributed by atoms with E-state index in [1.54, 1.807) is 23.2 Å². The average molecular weight is 353 g/mol. The Morgan fingerprint density at radius 2 is 2.12 bits per heavy atom. The first-order valence-corrected chi connectivity index (χ1v) is 8.61. The molecule has 0 unspecified atom stereocenters. The largest absolute Gasteiger partial charge is 0.370 e. The second-order valence-corrected chi connectivity index (χ2v) is 6.63. The van der Waals surface area contributed by atoms with Gasteiger partial charge < -0.3 is 14.2 Å². The van der Waals surface area contributed by atoms with Gasteiger partial charge in [0.1, 0.15) is 17.6 Å². The lowest BCUT2D eigenvalue weighted by Crippen LogP contribution is -2.42. The first-order valence-electron chi connectivity index (χ1n) is 8.61. The molecule has 1 aliphatic rings. The van der Waals surface area contributed by atoms with Crippen molar-refractivity contribution in [3.63, 3.8) is 0 Å². The molecule has 0 bridgehead atoms. The van der Waals surface area contributed by atoms with Crippen LogP contribution in [-0.2, 0) is 11.8 Å². The number of morpholine rings is 1. The number of fused-ring (bicyclic) bond motifs is 1. The molecule has 1 fully saturated rings. The fourth-order valence-electron chi connectivity index (χ4n) is 3.49. The van der Waals surface area contributed by atoms with Crippen LogP contribution in [0.15, 0.2) is 42.6 Å². The summed E-state index contributed by atoms with van der Waals surface area (Å²) in [7, 11) is 1.83. The van der Waals surface area contributed by atoms with E-state index in [-0.39, 0.29) is 17.8 Å². The number of hydrogen-bond acceptors (Lipinski definition) is 3. The van der Waals surface area contributed by atoms with E-state index in [4.69, 9.17) is 4.74 Å². The Labute approximate surface area is 151 Å². The molecular formula is C20H20FN3O2. The summed E-state index contributed by atoms with van der Waals surface area (Å²) in [6.07, 6.45) is 1.59. The van der Waals surface area contributed by atoms with Crippen molar-refractivity contribution in [1.29, 1.82) is 0 Å². The summed E-state index contributed by atoms with van der Waals surface area (Å²) in [6, 6.07) is 10.2. The zero-order valence-corrected chi connectivity index (χ0v) is 14.8. The minimum atomic E-state index is -0.304. The van der Waals surface area contributed by atoms with Gasteiger partial charge in [-0.3, -0.25) is 9.78 Å². The summed E-state index contributed by atoms with van der Waals surface area (Å²) in [6.45, 7) is 3.44. The van der Waals surface area contributed by atoms with Gasteiger partial charge in [-0.15, -0.1) is 0 Å². The Bertz CT molecular complexity index is 982. The highest BCUT2D eigenvalue weighted by atomic mass is 19.1. The van der Waals surface area contributed by atoms with Crippen molar-refractivity contribution >= 4 is 16.8 Å². The molecule has 134 valence electrons. The molecule has 1 aromatic carbocycles. The third-order valence-electron chi connectivity index (χ3n) is 4.87. The highest BCUT2D eigenvalue weighted by molar-refractivity contribution is 5.98. The van der Waals surface area contributed by atoms with E-state index >= 15 is 0 Å². The van der Waals surface area contributed by atoms with Crippen molar-refractivity contribution in [2.24, 2.45) is 7.05 Å². The van der Waals surface area contributed by atoms with E-state index in [2.05, 4.69) is 4.98 Å². The van der Waals surface area contributed by atoms with Gasteiger partial charge in [-0.2, -0.15) is 0 Å². The molecule has 4 rings (SSSR count). The molecule has 1 aliphatic heterocycles. The number of nitrogens with zero attached hydrogens (tertiary/aromatic N) is 3. The molecule has 3 aromatic rings. The molecule has 0 radical (unpaired) electrons. The quantitative estimate of drug-likeness (QED) is 0.711. The fourth-order valence-corrected chi connectivity index (χ4v) is 3.49. The van der Waals surface area contributed by atoms with E-state index in [1.807, 2.05) is 30.7 Å². The van der Waals surface area contributed by atoms with E-state index < -0.39 is 0 Å². The van der Waals surface area contributed by atoms with Crippen LogP contribution in [0.5, 0.6) is 0 Å². The standard InChI is InChI=1S/C20H20FN3O2/c1-13-9-14(5-6-22-13)19-12-24(7-8-26-19)20(25)18-11-15-10-16(21)3-4-17(15)23(18)2/h3-6,9-11,19H,7-8,12H2,1-2H3/t19-/m0/s1. The summed E-state index contributed by atoms with van der Waals surface area (Å²) in [4.78, 5) is 19.1. The summed E-state index contributed by atoms with van der Waals surface area (Å²) >= 11 is 0. The second-order valence-electron chi connectivity index (χ2n) is 6.63. The minimum Gasteiger partial charge on any atom is -0.370 e. The van der Waals surface area contributed by atoms with E-state index in [0.717, 1.165) is 22.2 Å². The van der Waals surface area contributed by atoms with E-state index in [1.165, 1.54) is 12.1 Å². The Balaban J connectivity index is 1.61. The van der Waals surface area contributed by atoms with Crippen LogP contribution in [0.3, 0.4) is 0 Å². The van der Waals surface area contributed by atoms with Crippen molar-refractivity contribution in [1.82, 2.24) is 14.5 Å². The zero-order valence-electron chi connectivity index (χ0n) is 14.8. The lowest BCUT2D eigenvalue weighted by molar-refractivity contribution is -0.0231. The predicted octanol–water partition coefficient (Wildman–Crippen LogP) is 3.23. The number of aromatic nitrogens is 2. The number of benzene rings is 1. The van der Waals surface area contributed by atoms with Gasteiger partial charge >= 0.3 is 0 Å². The normalized spacial score (nSPS) is 17.7. The minimum absolute atomic E-state index is 0.0665. The number of carbonyl (C=O) groups is 1. The first kappa shape index (κ1) is 16.7. The zero-order chi connectivity index (χ0) is 18.3. The van der Waals surface area contributed by atoms with Crippen LogP contribution in [-0.4, -0.2) is 40.1 Å². The fraction of sp³-hybridized carbons (Fsp3) is 0.300. The van der Waals surface area contributed by atoms with Gasteiger partial charge in [0.15, 0.2) is 0 Å². The van der Waals surface area contributed by atoms with Crippen molar-refractivity contribution < 1.29 is 13.9 Å². The number of halogens is 1. The van der Waals surface area contributed by atoms with Gasteiger partial charge in [0.25, 0.3) is 5.91 Å². The molecule has 1 atom stereocenters. The van der Waals surface area contributed by atoms with Crippen LogP contribution >= 0.6 is 0 Å². The highest BCUT2D eigenvalue weighted by Crippen LogP contribution is 2.25. The van der Waals surface area contributed by atoms with Crippen molar-refractivity contribution in [2.75, 3.05) is 19.7 Å². The van der Waals surface area contributed by atoms with Crippen LogP contribution in [0.1, 0.15) is 27.8 Å². The lowest BCUT2D eigenvalue weighted by atomic mass is 10.1. The summed E-state index contributed by atoms with van der Waals surface area (Å²) < 4.78 is 21.2. The van der Waals surface area contributed by atoms with Gasteiger partial charge in [0.05, 0.1) is 13.2 Å². The monoisotopic (exact) mass is 353 g/mol. The molecule has 0 aliphatic carbocycles. The van der Waals surface area contributed by atoms with E-state index in [0.29, 0.717) is 25.4 Å². The predicted molar refractivity (Wildman–Crippen MR) is 96.4 cm³/mol. The van der Waals surface area contributed by atoms with Gasteiger partial charge in [-0.25, -0.2) is 4.39 Å². The van der Waals surface area contributed by atoms with Crippen molar-refractivity contribution in [3.8, 4) is 0 Å². The molecule has 6 heteroatoms. The molecular weight excluding hydrogens is 333 g/mol. The Hall–Kier alpha value is -2.73. The maximum Gasteiger partial charge on any atom is 0.270 e. The highest BCUT2D eigenvalue weighted by Gasteiger charge is 2.28. The summed E-state index contributed by atoms with van der Waals surface area (Å²) in [5, 5.41) is 0.727. The molecule has 26 heavy (non-hydrogen) atoms. The third kappa shape index (κ3) is 2.97. The number of rotatable bonds is 2. The smallest absolute Gasteiger partial charge is 0.270 e. The number of pyridine rings is 1. The molecule has 0 spiro atoms. The van der Waals surface area contributed by atoms with Crippen molar-refractivity contribution in [2.45, 2.75) is 13.0 Å². The number of amides is 1. The Kier molecular flexibility index (Phi) is 4.20. The maximum atomic E-state index is 13.5. The third-order valence-corrected chi connectivity index (χ3v) is 4.87. The maximum absolute atomic E-state index is 13.5. The Morgan fingerprint density at radius 1 is 1.27 bits per heavy atom. The summed E-state index contributed by atoms with van der Waals surface area (Å²) in [5.41, 5.74) is 3.33. The number of carbonyl (C=O) groups excluding carboxylic acids is 1. The molecule has 2 aromatic heterocycles. The van der Waals surface area contributed by atoms with Crippen LogP contribution in [0, 0.1) is 12.7 Å². The average Bonchev–Trinajstić information content (AvgIpc) is 2.97. The topological polar surface area (TPSA) is 47.4 Å². The second kappa shape index (κ2) is 6.53. The van der Waals surface area contributed by atoms with Gasteiger partial charge in [0.2, 0.25) is 0 Å². The SMILES string of the molecule is Cc1cc([C@@H]2CN(C(=O)c3cc4cc(F)ccc4n3C)CCO2)ccn1. The Morgan fingerprint density at radius 3 is 2.92 bits per heavy atom. The van der Waals surface area contributed by atoms with Crippen LogP contribution in [0.4, 0.5) is 4.39 Å². The van der Waals surface area contributed by atoms with Gasteiger partial charge in [-0.05, 0) is 48.9 Å². The molecule has 0 saturated carbocycles. The molecule has 1 amide bonds. The first-order chi connectivity index (χ1) is 12.5. The lowest BCUT2D eigenvalue weighted by Gasteiger charge is -2.33. The number of aryl methyl sites for hydroxylation is 2. The van der Waals surface area contributed by atoms with E-state index in [9.17, 15) is 9.18 Å².